The maximum Gasteiger partial charge on any atom is 0.151 e. The van der Waals surface area contributed by atoms with E-state index in [2.05, 4.69) is 0 Å². The molecule has 0 amide bonds. The minimum atomic E-state index is 0. The van der Waals surface area contributed by atoms with E-state index in [1.54, 1.807) is 0 Å². The van der Waals surface area contributed by atoms with Gasteiger partial charge in [0.15, 0.2) is 4.91 Å². The summed E-state index contributed by atoms with van der Waals surface area (Å²) >= 11 is 0. The Kier molecular flexibility index (Phi) is 131. The fraction of sp³-hybridized carbons (Fsp3) is 0. The van der Waals surface area contributed by atoms with Crippen molar-refractivity contribution < 1.29 is 5.48 Å². The number of rotatable bonds is 0. The van der Waals surface area contributed by atoms with Crippen LogP contribution in [0.25, 0.3) is 5.53 Å². The number of hydrogen-bond donors (Lipinski definition) is 0. The first-order valence-electron chi connectivity index (χ1n) is 0.383. The highest BCUT2D eigenvalue weighted by atomic mass is 16.2. The second-order valence-corrected chi connectivity index (χ2v) is 0.0816. The Bertz CT molecular complexity index is 25.0. The highest BCUT2D eigenvalue weighted by molar-refractivity contribution is 3.92. The van der Waals surface area contributed by atoms with E-state index >= 15 is 0 Å². The van der Waals surface area contributed by atoms with Gasteiger partial charge in [0, 0.05) is 0 Å². The first kappa shape index (κ1) is 10.4. The molecule has 0 bridgehead atoms. The van der Waals surface area contributed by atoms with Crippen LogP contribution in [0.4, 0.5) is 0 Å². The molecule has 4 heteroatoms. The lowest BCUT2D eigenvalue weighted by atomic mass is 13.2. The van der Waals surface area contributed by atoms with E-state index < -0.39 is 0 Å². The van der Waals surface area contributed by atoms with Crippen molar-refractivity contribution in [2.75, 3.05) is 0 Å². The number of hydrogen-bond acceptors (Lipinski definition) is 1. The van der Waals surface area contributed by atoms with Gasteiger partial charge in [-0.25, -0.2) is 0 Å². The highest BCUT2D eigenvalue weighted by Crippen LogP contribution is 0.905. The summed E-state index contributed by atoms with van der Waals surface area (Å²) in [5, 5.41) is 0. The van der Waals surface area contributed by atoms with E-state index in [1.807, 2.05) is 0 Å². The van der Waals surface area contributed by atoms with Crippen molar-refractivity contribution in [1.82, 2.24) is 4.97 Å². The highest BCUT2D eigenvalue weighted by Gasteiger charge is 1.06. The predicted octanol–water partition coefficient (Wildman–Crippen LogP) is -0.983. The summed E-state index contributed by atoms with van der Waals surface area (Å²) in [6, 6.07) is 0. The van der Waals surface area contributed by atoms with E-state index in [4.69, 9.17) is 10.4 Å². The molecule has 0 fully saturated rings. The van der Waals surface area contributed by atoms with Crippen molar-refractivity contribution in [3.05, 3.63) is 10.4 Å². The molecule has 0 unspecified atom stereocenters. The molecule has 0 saturated carbocycles. The molecule has 0 heterocycles. The van der Waals surface area contributed by atoms with E-state index in [-0.39, 0.29) is 5.48 Å². The summed E-state index contributed by atoms with van der Waals surface area (Å²) in [7, 11) is 0. The van der Waals surface area contributed by atoms with Gasteiger partial charge in [0.05, 0.1) is 0 Å². The number of nitrogens with zero attached hydrogens (tertiary/aromatic N) is 2. The van der Waals surface area contributed by atoms with Crippen LogP contribution in [0.5, 0.6) is 0 Å². The van der Waals surface area contributed by atoms with E-state index in [9.17, 15) is 0 Å². The summed E-state index contributed by atoms with van der Waals surface area (Å²) in [4.78, 5) is 9.36. The smallest absolute Gasteiger partial charge is 0.151 e. The zero-order valence-corrected chi connectivity index (χ0v) is 1.80. The van der Waals surface area contributed by atoms with Crippen molar-refractivity contribution in [1.29, 1.82) is 0 Å². The lowest BCUT2D eigenvalue weighted by molar-refractivity contribution is 0.824. The Morgan fingerprint density at radius 2 is 1.75 bits per heavy atom. The second-order valence-electron chi connectivity index (χ2n) is 0.0816. The van der Waals surface area contributed by atoms with Crippen LogP contribution in [0.3, 0.4) is 0 Å². The van der Waals surface area contributed by atoms with Crippen molar-refractivity contribution >= 4 is 0 Å². The molecule has 4 nitrogen and oxygen atoms in total. The van der Waals surface area contributed by atoms with E-state index in [1.165, 1.54) is 4.97 Å². The lowest BCUT2D eigenvalue weighted by Gasteiger charge is -0.999. The Hall–Kier alpha value is -0.730. The van der Waals surface area contributed by atoms with Gasteiger partial charge in [-0.2, -0.15) is 0 Å². The summed E-state index contributed by atoms with van der Waals surface area (Å²) in [6.07, 6.45) is 0. The molecule has 24 valence electrons. The molecule has 0 aromatic rings. The summed E-state index contributed by atoms with van der Waals surface area (Å²) in [5.41, 5.74) is 6.64. The SMILES string of the molecule is O.[N-]=[N+]=O. The topological polar surface area (TPSA) is 85.0 Å². The van der Waals surface area contributed by atoms with Gasteiger partial charge in [-0.1, -0.05) is 0 Å². The molecule has 0 atom stereocenters. The van der Waals surface area contributed by atoms with Crippen molar-refractivity contribution in [3.8, 4) is 0 Å². The number of nitroso groups, excluding NO2 is 1. The lowest BCUT2D eigenvalue weighted by Crippen LogP contribution is -1.21. The Balaban J connectivity index is 0. The van der Waals surface area contributed by atoms with Crippen LogP contribution in [-0.4, -0.2) is 5.48 Å². The monoisotopic (exact) mass is 62.0 g/mol. The van der Waals surface area contributed by atoms with Gasteiger partial charge in [0.1, 0.15) is 4.97 Å². The zero-order valence-electron chi connectivity index (χ0n) is 1.80. The van der Waals surface area contributed by atoms with Crippen molar-refractivity contribution in [2.24, 2.45) is 0 Å². The van der Waals surface area contributed by atoms with Crippen LogP contribution in [0.15, 0.2) is 0 Å². The molecule has 0 saturated heterocycles. The molecule has 0 radical (unpaired) electrons. The molecule has 0 aliphatic rings. The van der Waals surface area contributed by atoms with E-state index in [0.717, 1.165) is 0 Å². The molecule has 0 aliphatic heterocycles. The van der Waals surface area contributed by atoms with Crippen molar-refractivity contribution in [3.63, 3.8) is 0 Å². The molecule has 0 rings (SSSR count). The van der Waals surface area contributed by atoms with Crippen LogP contribution in [0, 0.1) is 4.91 Å². The standard InChI is InChI=1S/N2O.H2O/c1-2-3;/h;1H2. The maximum atomic E-state index is 8.11. The van der Waals surface area contributed by atoms with Crippen LogP contribution in [0.1, 0.15) is 0 Å². The third kappa shape index (κ3) is 0.174. The molecule has 2 N–H and O–H groups in total. The largest absolute Gasteiger partial charge is 0.412 e. The van der Waals surface area contributed by atoms with Crippen molar-refractivity contribution in [2.45, 2.75) is 0 Å². The van der Waals surface area contributed by atoms with Crippen LogP contribution >= 0.6 is 0 Å². The average Bonchev–Trinajstić information content (AvgIpc) is 0.918. The minimum Gasteiger partial charge on any atom is -0.412 e. The van der Waals surface area contributed by atoms with Gasteiger partial charge in [0.25, 0.3) is 0 Å². The fourth-order valence-corrected chi connectivity index (χ4v) is 0. The quantitative estimate of drug-likeness (QED) is 0.262. The molecular weight excluding hydrogens is 60.0 g/mol. The molecule has 0 aliphatic carbocycles. The van der Waals surface area contributed by atoms with Gasteiger partial charge in [-0.3, -0.25) is 5.53 Å². The first-order chi connectivity index (χ1) is 1.41. The van der Waals surface area contributed by atoms with Gasteiger partial charge in [-0.15, -0.1) is 0 Å². The Morgan fingerprint density at radius 1 is 1.75 bits per heavy atom. The molecular formula is H2N2O2. The normalized spacial score (nSPS) is 2.00. The molecule has 4 heavy (non-hydrogen) atoms. The van der Waals surface area contributed by atoms with Crippen LogP contribution in [-0.2, 0) is 0 Å². The predicted molar refractivity (Wildman–Crippen MR) is 12.5 cm³/mol. The van der Waals surface area contributed by atoms with Gasteiger partial charge < -0.3 is 5.48 Å². The molecule has 0 aromatic carbocycles. The van der Waals surface area contributed by atoms with Gasteiger partial charge in [-0.05, 0) is 0 Å². The third-order valence-corrected chi connectivity index (χ3v) is 0. The molecule has 0 aromatic heterocycles. The maximum absolute atomic E-state index is 8.11. The first-order valence-corrected chi connectivity index (χ1v) is 0.383. The van der Waals surface area contributed by atoms with E-state index in [0.29, 0.717) is 0 Å². The Labute approximate surface area is 22.2 Å². The summed E-state index contributed by atoms with van der Waals surface area (Å²) in [5.74, 6) is 0. The minimum absolute atomic E-state index is 0. The van der Waals surface area contributed by atoms with Gasteiger partial charge in [0.2, 0.25) is 0 Å². The summed E-state index contributed by atoms with van der Waals surface area (Å²) < 4.78 is 0. The second kappa shape index (κ2) is 50.2. The zero-order chi connectivity index (χ0) is 2.71. The third-order valence-electron chi connectivity index (χ3n) is 0. The molecule has 0 spiro atoms. The average molecular weight is 62.0 g/mol. The summed E-state index contributed by atoms with van der Waals surface area (Å²) in [6.45, 7) is 0. The fourth-order valence-electron chi connectivity index (χ4n) is 0. The Morgan fingerprint density at radius 3 is 1.75 bits per heavy atom. The van der Waals surface area contributed by atoms with Gasteiger partial charge >= 0.3 is 0 Å². The van der Waals surface area contributed by atoms with Crippen LogP contribution < -0.4 is 4.97 Å². The van der Waals surface area contributed by atoms with Crippen LogP contribution in [0.2, 0.25) is 0 Å².